The third kappa shape index (κ3) is 3.24. The largest absolute Gasteiger partial charge is 0.0837 e. The Morgan fingerprint density at radius 1 is 0.900 bits per heavy atom. The Bertz CT molecular complexity index is 586. The molecule has 0 saturated carbocycles. The average Bonchev–Trinajstić information content (AvgIpc) is 2.37. The van der Waals surface area contributed by atoms with Crippen molar-refractivity contribution >= 4 is 11.6 Å². The van der Waals surface area contributed by atoms with Gasteiger partial charge in [0.25, 0.3) is 0 Å². The topological polar surface area (TPSA) is 0 Å². The highest BCUT2D eigenvalue weighted by Gasteiger charge is 2.15. The minimum atomic E-state index is 0.129. The first-order valence-electron chi connectivity index (χ1n) is 7.19. The quantitative estimate of drug-likeness (QED) is 0.597. The van der Waals surface area contributed by atoms with Gasteiger partial charge in [-0.2, -0.15) is 0 Å². The molecule has 0 N–H and O–H groups in total. The van der Waals surface area contributed by atoms with E-state index in [1.807, 2.05) is 0 Å². The van der Waals surface area contributed by atoms with E-state index in [0.29, 0.717) is 5.92 Å². The molecule has 0 heterocycles. The molecule has 0 aliphatic heterocycles. The maximum atomic E-state index is 6.47. The van der Waals surface area contributed by atoms with Gasteiger partial charge in [-0.15, -0.1) is 0 Å². The Balaban J connectivity index is 2.38. The molecular weight excluding hydrogens is 264 g/mol. The first kappa shape index (κ1) is 15.1. The molecule has 0 amide bonds. The van der Waals surface area contributed by atoms with Gasteiger partial charge in [-0.1, -0.05) is 82.6 Å². The van der Waals surface area contributed by atoms with Gasteiger partial charge >= 0.3 is 0 Å². The van der Waals surface area contributed by atoms with Crippen molar-refractivity contribution in [1.29, 1.82) is 0 Å². The van der Waals surface area contributed by atoms with E-state index < -0.39 is 0 Å². The van der Waals surface area contributed by atoms with Crippen molar-refractivity contribution in [1.82, 2.24) is 0 Å². The van der Waals surface area contributed by atoms with E-state index in [1.165, 1.54) is 16.7 Å². The van der Waals surface area contributed by atoms with Gasteiger partial charge in [0.2, 0.25) is 0 Å². The third-order valence-corrected chi connectivity index (χ3v) is 4.04. The molecule has 0 spiro atoms. The zero-order chi connectivity index (χ0) is 14.9. The number of halogens is 1. The van der Waals surface area contributed by atoms with Gasteiger partial charge in [0, 0.05) is 10.6 Å². The molecule has 0 nitrogen and oxygen atoms in total. The molecule has 0 radical (unpaired) electrons. The molecule has 0 aliphatic carbocycles. The number of rotatable bonds is 2. The average molecular weight is 287 g/mol. The molecule has 20 heavy (non-hydrogen) atoms. The van der Waals surface area contributed by atoms with Gasteiger partial charge in [-0.3, -0.25) is 0 Å². The molecule has 106 valence electrons. The molecule has 0 saturated heterocycles. The van der Waals surface area contributed by atoms with Gasteiger partial charge in [-0.25, -0.2) is 0 Å². The SMILES string of the molecule is CC(C)c1ccc(-c2ccc(C(C)(C)C)cc2Cl)cc1. The Kier molecular flexibility index (Phi) is 4.25. The van der Waals surface area contributed by atoms with E-state index in [0.717, 1.165) is 10.6 Å². The predicted octanol–water partition coefficient (Wildman–Crippen LogP) is 6.43. The summed E-state index contributed by atoms with van der Waals surface area (Å²) in [6.45, 7) is 11.0. The molecule has 0 aliphatic rings. The minimum Gasteiger partial charge on any atom is -0.0837 e. The molecule has 1 heteroatoms. The summed E-state index contributed by atoms with van der Waals surface area (Å²) >= 11 is 6.47. The summed E-state index contributed by atoms with van der Waals surface area (Å²) in [7, 11) is 0. The van der Waals surface area contributed by atoms with Gasteiger partial charge in [0.05, 0.1) is 0 Å². The van der Waals surface area contributed by atoms with Crippen LogP contribution in [0.5, 0.6) is 0 Å². The second-order valence-corrected chi connectivity index (χ2v) is 7.13. The van der Waals surface area contributed by atoms with Crippen molar-refractivity contribution in [2.24, 2.45) is 0 Å². The lowest BCUT2D eigenvalue weighted by Crippen LogP contribution is -2.10. The van der Waals surface area contributed by atoms with Gasteiger partial charge in [0.15, 0.2) is 0 Å². The van der Waals surface area contributed by atoms with E-state index in [1.54, 1.807) is 0 Å². The van der Waals surface area contributed by atoms with Crippen molar-refractivity contribution in [3.63, 3.8) is 0 Å². The number of benzene rings is 2. The first-order chi connectivity index (χ1) is 9.29. The van der Waals surface area contributed by atoms with E-state index in [4.69, 9.17) is 11.6 Å². The van der Waals surface area contributed by atoms with Gasteiger partial charge < -0.3 is 0 Å². The summed E-state index contributed by atoms with van der Waals surface area (Å²) in [4.78, 5) is 0. The summed E-state index contributed by atoms with van der Waals surface area (Å²) in [5.74, 6) is 0.558. The van der Waals surface area contributed by atoms with Crippen LogP contribution < -0.4 is 0 Å². The zero-order valence-corrected chi connectivity index (χ0v) is 13.8. The van der Waals surface area contributed by atoms with Crippen LogP contribution in [0.15, 0.2) is 42.5 Å². The summed E-state index contributed by atoms with van der Waals surface area (Å²) in [5.41, 5.74) is 5.04. The summed E-state index contributed by atoms with van der Waals surface area (Å²) in [6.07, 6.45) is 0. The van der Waals surface area contributed by atoms with Crippen molar-refractivity contribution in [2.45, 2.75) is 46.0 Å². The zero-order valence-electron chi connectivity index (χ0n) is 13.0. The molecule has 0 aromatic heterocycles. The minimum absolute atomic E-state index is 0.129. The second-order valence-electron chi connectivity index (χ2n) is 6.72. The summed E-state index contributed by atoms with van der Waals surface area (Å²) in [5, 5.41) is 0.828. The lowest BCUT2D eigenvalue weighted by Gasteiger charge is -2.20. The number of hydrogen-bond acceptors (Lipinski definition) is 0. The van der Waals surface area contributed by atoms with Gasteiger partial charge in [0.1, 0.15) is 0 Å². The monoisotopic (exact) mass is 286 g/mol. The summed E-state index contributed by atoms with van der Waals surface area (Å²) < 4.78 is 0. The van der Waals surface area contributed by atoms with E-state index in [2.05, 4.69) is 77.1 Å². The fourth-order valence-corrected chi connectivity index (χ4v) is 2.55. The third-order valence-electron chi connectivity index (χ3n) is 3.72. The molecule has 0 atom stereocenters. The standard InChI is InChI=1S/C19H23Cl/c1-13(2)14-6-8-15(9-7-14)17-11-10-16(12-18(17)20)19(3,4)5/h6-13H,1-5H3. The predicted molar refractivity (Wildman–Crippen MR) is 89.7 cm³/mol. The fraction of sp³-hybridized carbons (Fsp3) is 0.368. The van der Waals surface area contributed by atoms with Crippen LogP contribution in [-0.2, 0) is 5.41 Å². The molecule has 0 unspecified atom stereocenters. The van der Waals surface area contributed by atoms with Crippen LogP contribution >= 0.6 is 11.6 Å². The number of hydrogen-bond donors (Lipinski definition) is 0. The highest BCUT2D eigenvalue weighted by atomic mass is 35.5. The smallest absolute Gasteiger partial charge is 0.0487 e. The van der Waals surface area contributed by atoms with Crippen LogP contribution in [0.4, 0.5) is 0 Å². The molecule has 2 aromatic rings. The molecule has 2 rings (SSSR count). The maximum absolute atomic E-state index is 6.47. The molecule has 2 aromatic carbocycles. The normalized spacial score (nSPS) is 11.9. The Labute approximate surface area is 127 Å². The molecular formula is C19H23Cl. The summed E-state index contributed by atoms with van der Waals surface area (Å²) in [6, 6.07) is 15.1. The molecule has 0 fully saturated rings. The highest BCUT2D eigenvalue weighted by molar-refractivity contribution is 6.33. The van der Waals surface area contributed by atoms with Crippen LogP contribution in [0.25, 0.3) is 11.1 Å². The highest BCUT2D eigenvalue weighted by Crippen LogP contribution is 2.33. The lowest BCUT2D eigenvalue weighted by atomic mass is 9.86. The van der Waals surface area contributed by atoms with Crippen molar-refractivity contribution in [3.8, 4) is 11.1 Å². The van der Waals surface area contributed by atoms with Crippen LogP contribution in [0, 0.1) is 0 Å². The van der Waals surface area contributed by atoms with Crippen LogP contribution in [0.3, 0.4) is 0 Å². The van der Waals surface area contributed by atoms with Crippen molar-refractivity contribution in [3.05, 3.63) is 58.6 Å². The van der Waals surface area contributed by atoms with Crippen LogP contribution in [0.1, 0.15) is 51.7 Å². The van der Waals surface area contributed by atoms with Crippen molar-refractivity contribution < 1.29 is 0 Å². The lowest BCUT2D eigenvalue weighted by molar-refractivity contribution is 0.590. The fourth-order valence-electron chi connectivity index (χ4n) is 2.26. The Hall–Kier alpha value is -1.27. The second kappa shape index (κ2) is 5.61. The Morgan fingerprint density at radius 2 is 1.50 bits per heavy atom. The van der Waals surface area contributed by atoms with E-state index in [9.17, 15) is 0 Å². The van der Waals surface area contributed by atoms with Gasteiger partial charge in [-0.05, 0) is 34.1 Å². The van der Waals surface area contributed by atoms with Crippen LogP contribution in [0.2, 0.25) is 5.02 Å². The van der Waals surface area contributed by atoms with E-state index >= 15 is 0 Å². The Morgan fingerprint density at radius 3 is 1.95 bits per heavy atom. The van der Waals surface area contributed by atoms with E-state index in [-0.39, 0.29) is 5.41 Å². The van der Waals surface area contributed by atoms with Crippen molar-refractivity contribution in [2.75, 3.05) is 0 Å². The molecule has 0 bridgehead atoms. The first-order valence-corrected chi connectivity index (χ1v) is 7.57. The maximum Gasteiger partial charge on any atom is 0.0487 e. The van der Waals surface area contributed by atoms with Crippen LogP contribution in [-0.4, -0.2) is 0 Å².